The average molecular weight is 290 g/mol. The fourth-order valence-electron chi connectivity index (χ4n) is 2.59. The molecule has 0 spiro atoms. The van der Waals surface area contributed by atoms with E-state index in [-0.39, 0.29) is 17.8 Å². The van der Waals surface area contributed by atoms with Crippen molar-refractivity contribution in [1.82, 2.24) is 5.32 Å². The molecule has 3 N–H and O–H groups in total. The van der Waals surface area contributed by atoms with Crippen molar-refractivity contribution >= 4 is 22.2 Å². The summed E-state index contributed by atoms with van der Waals surface area (Å²) in [6.45, 7) is 3.81. The van der Waals surface area contributed by atoms with E-state index in [4.69, 9.17) is 5.73 Å². The number of carbonyl (C=O) groups is 1. The van der Waals surface area contributed by atoms with Crippen molar-refractivity contribution in [3.05, 3.63) is 40.0 Å². The molecule has 2 aromatic rings. The maximum atomic E-state index is 13.3. The van der Waals surface area contributed by atoms with Gasteiger partial charge in [0.1, 0.15) is 5.82 Å². The minimum absolute atomic E-state index is 0.0477. The van der Waals surface area contributed by atoms with Crippen molar-refractivity contribution in [3.63, 3.8) is 0 Å². The summed E-state index contributed by atoms with van der Waals surface area (Å²) in [4.78, 5) is 13.4. The second kappa shape index (κ2) is 4.59. The molecule has 0 saturated heterocycles. The van der Waals surface area contributed by atoms with E-state index >= 15 is 0 Å². The van der Waals surface area contributed by atoms with Gasteiger partial charge in [0, 0.05) is 22.9 Å². The number of amides is 1. The predicted octanol–water partition coefficient (Wildman–Crippen LogP) is 3.18. The third-order valence-corrected chi connectivity index (χ3v) is 4.36. The van der Waals surface area contributed by atoms with E-state index in [1.165, 1.54) is 23.5 Å². The molecule has 20 heavy (non-hydrogen) atoms. The highest BCUT2D eigenvalue weighted by Crippen LogP contribution is 2.46. The highest BCUT2D eigenvalue weighted by atomic mass is 32.1. The van der Waals surface area contributed by atoms with Crippen LogP contribution in [0.25, 0.3) is 11.1 Å². The lowest BCUT2D eigenvalue weighted by molar-refractivity contribution is 0.0945. The van der Waals surface area contributed by atoms with Gasteiger partial charge in [-0.25, -0.2) is 4.39 Å². The second-order valence-electron chi connectivity index (χ2n) is 5.25. The van der Waals surface area contributed by atoms with Crippen LogP contribution >= 0.6 is 11.3 Å². The van der Waals surface area contributed by atoms with Crippen molar-refractivity contribution in [2.24, 2.45) is 0 Å². The molecule has 0 unspecified atom stereocenters. The number of carbonyl (C=O) groups excluding carboxylic acids is 1. The maximum absolute atomic E-state index is 13.3. The van der Waals surface area contributed by atoms with E-state index in [9.17, 15) is 9.18 Å². The Balaban J connectivity index is 2.12. The van der Waals surface area contributed by atoms with Gasteiger partial charge in [0.05, 0.1) is 10.6 Å². The number of nitrogens with one attached hydrogen (secondary N) is 1. The SMILES string of the molecule is CC(C)NC(=O)c1c(N)sc2c1-c1ccc(F)cc1C2. The Labute approximate surface area is 120 Å². The zero-order valence-corrected chi connectivity index (χ0v) is 12.1. The summed E-state index contributed by atoms with van der Waals surface area (Å²) in [7, 11) is 0. The first kappa shape index (κ1) is 13.1. The second-order valence-corrected chi connectivity index (χ2v) is 6.38. The van der Waals surface area contributed by atoms with Gasteiger partial charge in [0.2, 0.25) is 0 Å². The monoisotopic (exact) mass is 290 g/mol. The third-order valence-electron chi connectivity index (χ3n) is 3.34. The molecule has 0 bridgehead atoms. The van der Waals surface area contributed by atoms with Crippen LogP contribution in [-0.4, -0.2) is 11.9 Å². The lowest BCUT2D eigenvalue weighted by atomic mass is 10.0. The lowest BCUT2D eigenvalue weighted by Gasteiger charge is -2.10. The number of nitrogen functional groups attached to an aromatic ring is 1. The van der Waals surface area contributed by atoms with Crippen LogP contribution in [0.4, 0.5) is 9.39 Å². The van der Waals surface area contributed by atoms with Gasteiger partial charge in [-0.05, 0) is 37.1 Å². The van der Waals surface area contributed by atoms with Crippen molar-refractivity contribution in [2.75, 3.05) is 5.73 Å². The van der Waals surface area contributed by atoms with Crippen molar-refractivity contribution in [1.29, 1.82) is 0 Å². The average Bonchev–Trinajstić information content (AvgIpc) is 2.81. The molecule has 1 aliphatic carbocycles. The topological polar surface area (TPSA) is 55.1 Å². The van der Waals surface area contributed by atoms with Crippen LogP contribution in [-0.2, 0) is 6.42 Å². The summed E-state index contributed by atoms with van der Waals surface area (Å²) in [5.41, 5.74) is 9.25. The molecule has 1 aromatic heterocycles. The molecule has 104 valence electrons. The number of anilines is 1. The Morgan fingerprint density at radius 1 is 1.45 bits per heavy atom. The number of halogens is 1. The number of fused-ring (bicyclic) bond motifs is 3. The van der Waals surface area contributed by atoms with Gasteiger partial charge in [-0.15, -0.1) is 11.3 Å². The van der Waals surface area contributed by atoms with Gasteiger partial charge in [-0.1, -0.05) is 6.07 Å². The Morgan fingerprint density at radius 2 is 2.20 bits per heavy atom. The van der Waals surface area contributed by atoms with Crippen molar-refractivity contribution < 1.29 is 9.18 Å². The molecule has 0 saturated carbocycles. The van der Waals surface area contributed by atoms with Crippen LogP contribution in [0, 0.1) is 5.82 Å². The number of hydrogen-bond acceptors (Lipinski definition) is 3. The molecular weight excluding hydrogens is 275 g/mol. The molecular formula is C15H15FN2OS. The Morgan fingerprint density at radius 3 is 2.90 bits per heavy atom. The highest BCUT2D eigenvalue weighted by molar-refractivity contribution is 7.17. The maximum Gasteiger partial charge on any atom is 0.255 e. The first-order valence-electron chi connectivity index (χ1n) is 6.48. The van der Waals surface area contributed by atoms with E-state index in [2.05, 4.69) is 5.32 Å². The number of hydrogen-bond donors (Lipinski definition) is 2. The Hall–Kier alpha value is -1.88. The van der Waals surface area contributed by atoms with Crippen LogP contribution in [0.2, 0.25) is 0 Å². The summed E-state index contributed by atoms with van der Waals surface area (Å²) in [6, 6.07) is 4.73. The van der Waals surface area contributed by atoms with E-state index in [0.717, 1.165) is 21.6 Å². The zero-order valence-electron chi connectivity index (χ0n) is 11.3. The van der Waals surface area contributed by atoms with E-state index in [0.29, 0.717) is 17.0 Å². The first-order valence-corrected chi connectivity index (χ1v) is 7.30. The van der Waals surface area contributed by atoms with E-state index < -0.39 is 0 Å². The van der Waals surface area contributed by atoms with Crippen LogP contribution in [0.5, 0.6) is 0 Å². The molecule has 1 heterocycles. The molecule has 0 fully saturated rings. The number of nitrogens with two attached hydrogens (primary N) is 1. The Bertz CT molecular complexity index is 706. The standard InChI is InChI=1S/C15H15FN2OS/c1-7(2)18-15(19)13-12-10-4-3-9(16)5-8(10)6-11(12)20-14(13)17/h3-5,7H,6,17H2,1-2H3,(H,18,19). The van der Waals surface area contributed by atoms with Crippen molar-refractivity contribution in [2.45, 2.75) is 26.3 Å². The van der Waals surface area contributed by atoms with Gasteiger partial charge < -0.3 is 11.1 Å². The summed E-state index contributed by atoms with van der Waals surface area (Å²) in [6.07, 6.45) is 0.645. The van der Waals surface area contributed by atoms with Gasteiger partial charge >= 0.3 is 0 Å². The van der Waals surface area contributed by atoms with Gasteiger partial charge in [0.25, 0.3) is 5.91 Å². The fraction of sp³-hybridized carbons (Fsp3) is 0.267. The summed E-state index contributed by atoms with van der Waals surface area (Å²) >= 11 is 1.42. The number of thiophene rings is 1. The lowest BCUT2D eigenvalue weighted by Crippen LogP contribution is -2.30. The van der Waals surface area contributed by atoms with Crippen LogP contribution in [0.1, 0.15) is 34.6 Å². The molecule has 0 atom stereocenters. The summed E-state index contributed by atoms with van der Waals surface area (Å²) in [5.74, 6) is -0.410. The molecule has 0 aliphatic heterocycles. The Kier molecular flexibility index (Phi) is 3.01. The first-order chi connectivity index (χ1) is 9.47. The van der Waals surface area contributed by atoms with Crippen LogP contribution < -0.4 is 11.1 Å². The van der Waals surface area contributed by atoms with Crippen molar-refractivity contribution in [3.8, 4) is 11.1 Å². The quantitative estimate of drug-likeness (QED) is 0.761. The molecule has 3 nitrogen and oxygen atoms in total. The minimum atomic E-state index is -0.250. The predicted molar refractivity (Wildman–Crippen MR) is 79.5 cm³/mol. The van der Waals surface area contributed by atoms with E-state index in [1.807, 2.05) is 13.8 Å². The number of benzene rings is 1. The number of rotatable bonds is 2. The summed E-state index contributed by atoms with van der Waals surface area (Å²) in [5, 5.41) is 3.40. The summed E-state index contributed by atoms with van der Waals surface area (Å²) < 4.78 is 13.3. The van der Waals surface area contributed by atoms with Gasteiger partial charge in [-0.2, -0.15) is 0 Å². The molecule has 1 aliphatic rings. The minimum Gasteiger partial charge on any atom is -0.390 e. The van der Waals surface area contributed by atoms with Gasteiger partial charge in [0.15, 0.2) is 0 Å². The molecule has 3 rings (SSSR count). The molecule has 5 heteroatoms. The zero-order chi connectivity index (χ0) is 14.4. The molecule has 1 aromatic carbocycles. The molecule has 1 amide bonds. The fourth-order valence-corrected chi connectivity index (χ4v) is 3.70. The normalized spacial score (nSPS) is 12.4. The smallest absolute Gasteiger partial charge is 0.255 e. The molecule has 0 radical (unpaired) electrons. The third kappa shape index (κ3) is 1.98. The van der Waals surface area contributed by atoms with Crippen LogP contribution in [0.3, 0.4) is 0 Å². The largest absolute Gasteiger partial charge is 0.390 e. The highest BCUT2D eigenvalue weighted by Gasteiger charge is 2.29. The van der Waals surface area contributed by atoms with Gasteiger partial charge in [-0.3, -0.25) is 4.79 Å². The van der Waals surface area contributed by atoms with E-state index in [1.54, 1.807) is 6.07 Å². The van der Waals surface area contributed by atoms with Crippen LogP contribution in [0.15, 0.2) is 18.2 Å².